The summed E-state index contributed by atoms with van der Waals surface area (Å²) < 4.78 is 42.7. The minimum atomic E-state index is -4.42. The summed E-state index contributed by atoms with van der Waals surface area (Å²) in [6.45, 7) is 1.53. The number of carbonyl (C=O) groups is 1. The summed E-state index contributed by atoms with van der Waals surface area (Å²) in [6, 6.07) is 3.27. The van der Waals surface area contributed by atoms with E-state index in [0.717, 1.165) is 23.5 Å². The van der Waals surface area contributed by atoms with Gasteiger partial charge < -0.3 is 9.84 Å². The van der Waals surface area contributed by atoms with Crippen molar-refractivity contribution in [2.45, 2.75) is 13.1 Å². The monoisotopic (exact) mass is 276 g/mol. The molecule has 1 N–H and O–H groups in total. The highest BCUT2D eigenvalue weighted by atomic mass is 32.1. The lowest BCUT2D eigenvalue weighted by atomic mass is 10.1. The van der Waals surface area contributed by atoms with Crippen LogP contribution in [0.1, 0.15) is 11.1 Å². The third-order valence-electron chi connectivity index (χ3n) is 2.40. The number of alkyl halides is 3. The Balaban J connectivity index is 2.57. The van der Waals surface area contributed by atoms with Crippen molar-refractivity contribution in [3.8, 4) is 5.06 Å². The van der Waals surface area contributed by atoms with Crippen LogP contribution in [-0.4, -0.2) is 11.3 Å². The Morgan fingerprint density at radius 1 is 1.39 bits per heavy atom. The molecule has 1 aromatic carbocycles. The predicted molar refractivity (Wildman–Crippen MR) is 60.2 cm³/mol. The first-order chi connectivity index (χ1) is 8.29. The lowest BCUT2D eigenvalue weighted by Gasteiger charge is -2.06. The van der Waals surface area contributed by atoms with Gasteiger partial charge >= 0.3 is 12.3 Å². The number of thiophene rings is 1. The number of hydrogen-bond donors (Lipinski definition) is 1. The Morgan fingerprint density at radius 2 is 2.06 bits per heavy atom. The van der Waals surface area contributed by atoms with Crippen LogP contribution in [0.2, 0.25) is 0 Å². The second-order valence-electron chi connectivity index (χ2n) is 3.59. The molecule has 3 nitrogen and oxygen atoms in total. The van der Waals surface area contributed by atoms with Crippen molar-refractivity contribution in [1.29, 1.82) is 0 Å². The fraction of sp³-hybridized carbons (Fsp3) is 0.182. The van der Waals surface area contributed by atoms with E-state index in [1.165, 1.54) is 13.0 Å². The maximum Gasteiger partial charge on any atom is 0.512 e. The van der Waals surface area contributed by atoms with Crippen molar-refractivity contribution >= 4 is 27.6 Å². The molecule has 0 fully saturated rings. The van der Waals surface area contributed by atoms with Crippen LogP contribution in [0.15, 0.2) is 18.2 Å². The SMILES string of the molecule is Cc1c(OC(=O)O)sc2ccc(C(F)(F)F)cc12. The van der Waals surface area contributed by atoms with E-state index in [1.54, 1.807) is 0 Å². The maximum atomic E-state index is 12.5. The van der Waals surface area contributed by atoms with Gasteiger partial charge in [0.15, 0.2) is 5.06 Å². The van der Waals surface area contributed by atoms with Gasteiger partial charge in [0.1, 0.15) is 0 Å². The molecule has 0 saturated heterocycles. The molecular weight excluding hydrogens is 269 g/mol. The summed E-state index contributed by atoms with van der Waals surface area (Å²) in [4.78, 5) is 10.4. The summed E-state index contributed by atoms with van der Waals surface area (Å²) >= 11 is 1.00. The zero-order chi connectivity index (χ0) is 13.5. The third kappa shape index (κ3) is 2.26. The summed E-state index contributed by atoms with van der Waals surface area (Å²) in [7, 11) is 0. The molecule has 0 bridgehead atoms. The fourth-order valence-electron chi connectivity index (χ4n) is 1.55. The molecule has 2 aromatic rings. The van der Waals surface area contributed by atoms with Gasteiger partial charge in [-0.3, -0.25) is 0 Å². The van der Waals surface area contributed by atoms with Crippen molar-refractivity contribution in [3.05, 3.63) is 29.3 Å². The van der Waals surface area contributed by atoms with E-state index in [-0.39, 0.29) is 5.06 Å². The van der Waals surface area contributed by atoms with E-state index >= 15 is 0 Å². The van der Waals surface area contributed by atoms with Crippen molar-refractivity contribution in [2.24, 2.45) is 0 Å². The maximum absolute atomic E-state index is 12.5. The minimum absolute atomic E-state index is 0.0943. The molecule has 1 aromatic heterocycles. The van der Waals surface area contributed by atoms with Crippen molar-refractivity contribution in [1.82, 2.24) is 0 Å². The Hall–Kier alpha value is -1.76. The van der Waals surface area contributed by atoms with Gasteiger partial charge in [0, 0.05) is 10.3 Å². The molecule has 1 heterocycles. The van der Waals surface area contributed by atoms with Crippen molar-refractivity contribution in [3.63, 3.8) is 0 Å². The quantitative estimate of drug-likeness (QED) is 0.790. The molecule has 0 unspecified atom stereocenters. The molecule has 0 atom stereocenters. The molecule has 2 rings (SSSR count). The zero-order valence-corrected chi connectivity index (χ0v) is 9.85. The average molecular weight is 276 g/mol. The summed E-state index contributed by atoms with van der Waals surface area (Å²) in [5, 5.41) is 8.95. The van der Waals surface area contributed by atoms with Gasteiger partial charge in [-0.1, -0.05) is 11.3 Å². The molecule has 0 spiro atoms. The Kier molecular flexibility index (Phi) is 2.94. The first kappa shape index (κ1) is 12.7. The molecule has 0 aliphatic rings. The number of fused-ring (bicyclic) bond motifs is 1. The molecule has 18 heavy (non-hydrogen) atoms. The topological polar surface area (TPSA) is 46.5 Å². The van der Waals surface area contributed by atoms with E-state index < -0.39 is 17.9 Å². The van der Waals surface area contributed by atoms with Crippen molar-refractivity contribution in [2.75, 3.05) is 0 Å². The van der Waals surface area contributed by atoms with Gasteiger partial charge in [0.2, 0.25) is 0 Å². The van der Waals surface area contributed by atoms with Crippen LogP contribution >= 0.6 is 11.3 Å². The minimum Gasteiger partial charge on any atom is -0.449 e. The Morgan fingerprint density at radius 3 is 2.61 bits per heavy atom. The van der Waals surface area contributed by atoms with E-state index in [9.17, 15) is 18.0 Å². The van der Waals surface area contributed by atoms with Crippen LogP contribution in [0, 0.1) is 6.92 Å². The molecule has 0 aliphatic carbocycles. The first-order valence-electron chi connectivity index (χ1n) is 4.80. The van der Waals surface area contributed by atoms with Gasteiger partial charge in [-0.2, -0.15) is 13.2 Å². The largest absolute Gasteiger partial charge is 0.512 e. The molecule has 0 aliphatic heterocycles. The number of aryl methyl sites for hydroxylation is 1. The highest BCUT2D eigenvalue weighted by Crippen LogP contribution is 2.40. The first-order valence-corrected chi connectivity index (χ1v) is 5.62. The molecule has 0 amide bonds. The normalized spacial score (nSPS) is 11.8. The molecule has 0 saturated carbocycles. The van der Waals surface area contributed by atoms with Crippen LogP contribution < -0.4 is 4.74 Å². The highest BCUT2D eigenvalue weighted by Gasteiger charge is 2.31. The zero-order valence-electron chi connectivity index (χ0n) is 9.04. The number of hydrogen-bond acceptors (Lipinski definition) is 3. The van der Waals surface area contributed by atoms with Crippen LogP contribution in [0.25, 0.3) is 10.1 Å². The molecular formula is C11H7F3O3S. The van der Waals surface area contributed by atoms with E-state index in [2.05, 4.69) is 4.74 Å². The van der Waals surface area contributed by atoms with Crippen LogP contribution in [0.3, 0.4) is 0 Å². The van der Waals surface area contributed by atoms with Gasteiger partial charge in [0.25, 0.3) is 0 Å². The van der Waals surface area contributed by atoms with Crippen LogP contribution in [0.4, 0.5) is 18.0 Å². The van der Waals surface area contributed by atoms with Gasteiger partial charge in [0.05, 0.1) is 5.56 Å². The highest BCUT2D eigenvalue weighted by molar-refractivity contribution is 7.21. The second kappa shape index (κ2) is 4.16. The number of rotatable bonds is 1. The number of carboxylic acid groups (broad SMARTS) is 1. The lowest BCUT2D eigenvalue weighted by Crippen LogP contribution is -2.04. The number of benzene rings is 1. The Labute approximate surface area is 103 Å². The summed E-state index contributed by atoms with van der Waals surface area (Å²) in [5.41, 5.74) is -0.374. The molecule has 7 heteroatoms. The average Bonchev–Trinajstić information content (AvgIpc) is 2.53. The molecule has 96 valence electrons. The lowest BCUT2D eigenvalue weighted by molar-refractivity contribution is -0.137. The van der Waals surface area contributed by atoms with Gasteiger partial charge in [-0.05, 0) is 30.5 Å². The standard InChI is InChI=1S/C11H7F3O3S/c1-5-7-4-6(11(12,13)14)2-3-8(7)18-9(5)17-10(15)16/h2-4H,1H3,(H,15,16). The third-order valence-corrected chi connectivity index (χ3v) is 3.55. The fourth-order valence-corrected chi connectivity index (χ4v) is 2.59. The van der Waals surface area contributed by atoms with E-state index in [1.807, 2.05) is 0 Å². The van der Waals surface area contributed by atoms with Gasteiger partial charge in [-0.15, -0.1) is 0 Å². The second-order valence-corrected chi connectivity index (χ2v) is 4.61. The smallest absolute Gasteiger partial charge is 0.449 e. The Bertz CT molecular complexity index is 616. The van der Waals surface area contributed by atoms with E-state index in [4.69, 9.17) is 5.11 Å². The summed E-state index contributed by atoms with van der Waals surface area (Å²) in [5.74, 6) is 0. The van der Waals surface area contributed by atoms with Crippen LogP contribution in [-0.2, 0) is 6.18 Å². The summed E-state index contributed by atoms with van der Waals surface area (Å²) in [6.07, 6.45) is -5.91. The number of ether oxygens (including phenoxy) is 1. The number of halogens is 3. The predicted octanol–water partition coefficient (Wildman–Crippen LogP) is 4.29. The van der Waals surface area contributed by atoms with Gasteiger partial charge in [-0.25, -0.2) is 4.79 Å². The van der Waals surface area contributed by atoms with E-state index in [0.29, 0.717) is 15.6 Å². The van der Waals surface area contributed by atoms with Crippen molar-refractivity contribution < 1.29 is 27.8 Å². The van der Waals surface area contributed by atoms with Crippen LogP contribution in [0.5, 0.6) is 5.06 Å². The molecule has 0 radical (unpaired) electrons.